The van der Waals surface area contributed by atoms with Crippen molar-refractivity contribution >= 4 is 43.3 Å². The maximum atomic E-state index is 4.69. The van der Waals surface area contributed by atoms with E-state index in [1.54, 1.807) is 11.3 Å². The zero-order valence-corrected chi connectivity index (χ0v) is 12.3. The van der Waals surface area contributed by atoms with Crippen LogP contribution in [0, 0.1) is 6.92 Å². The molecule has 2 aromatic carbocycles. The summed E-state index contributed by atoms with van der Waals surface area (Å²) in [6.45, 7) is 2.09. The highest BCUT2D eigenvalue weighted by molar-refractivity contribution is 7.22. The highest BCUT2D eigenvalue weighted by atomic mass is 32.1. The first-order valence-electron chi connectivity index (χ1n) is 6.78. The van der Waals surface area contributed by atoms with E-state index in [0.717, 1.165) is 27.2 Å². The second-order valence-corrected chi connectivity index (χ2v) is 5.98. The quantitative estimate of drug-likeness (QED) is 0.571. The van der Waals surface area contributed by atoms with Crippen LogP contribution in [0.25, 0.3) is 21.1 Å². The molecule has 0 aliphatic rings. The maximum Gasteiger partial charge on any atom is 0.188 e. The third kappa shape index (κ3) is 2.14. The van der Waals surface area contributed by atoms with E-state index >= 15 is 0 Å². The standard InChI is InChI=1S/C17H13N3S/c1-11-5-2-9-14-15(11)20-17(21-14)19-13-8-3-6-12-7-4-10-18-16(12)13/h2-10H,1H3,(H,19,20). The van der Waals surface area contributed by atoms with Gasteiger partial charge in [-0.25, -0.2) is 4.98 Å². The molecule has 4 aromatic rings. The van der Waals surface area contributed by atoms with Crippen LogP contribution in [0.2, 0.25) is 0 Å². The molecule has 4 rings (SSSR count). The Morgan fingerprint density at radius 3 is 2.71 bits per heavy atom. The second kappa shape index (κ2) is 4.82. The molecule has 1 N–H and O–H groups in total. The van der Waals surface area contributed by atoms with Crippen LogP contribution in [0.3, 0.4) is 0 Å². The number of anilines is 2. The van der Waals surface area contributed by atoms with Crippen molar-refractivity contribution in [3.05, 3.63) is 60.3 Å². The number of nitrogens with zero attached hydrogens (tertiary/aromatic N) is 2. The van der Waals surface area contributed by atoms with Crippen molar-refractivity contribution in [3.63, 3.8) is 0 Å². The lowest BCUT2D eigenvalue weighted by molar-refractivity contribution is 1.38. The highest BCUT2D eigenvalue weighted by Gasteiger charge is 2.08. The van der Waals surface area contributed by atoms with E-state index in [1.807, 2.05) is 24.4 Å². The smallest absolute Gasteiger partial charge is 0.188 e. The van der Waals surface area contributed by atoms with Crippen molar-refractivity contribution in [3.8, 4) is 0 Å². The number of hydrogen-bond donors (Lipinski definition) is 1. The number of para-hydroxylation sites is 2. The van der Waals surface area contributed by atoms with Crippen LogP contribution in [-0.2, 0) is 0 Å². The van der Waals surface area contributed by atoms with Gasteiger partial charge in [-0.3, -0.25) is 4.98 Å². The first-order chi connectivity index (χ1) is 10.3. The van der Waals surface area contributed by atoms with Crippen LogP contribution in [0.15, 0.2) is 54.7 Å². The molecule has 0 spiro atoms. The molecular weight excluding hydrogens is 278 g/mol. The van der Waals surface area contributed by atoms with Crippen molar-refractivity contribution < 1.29 is 0 Å². The lowest BCUT2D eigenvalue weighted by Crippen LogP contribution is -1.92. The fourth-order valence-electron chi connectivity index (χ4n) is 2.46. The number of pyridine rings is 1. The van der Waals surface area contributed by atoms with Crippen LogP contribution in [0.5, 0.6) is 0 Å². The lowest BCUT2D eigenvalue weighted by atomic mass is 10.2. The van der Waals surface area contributed by atoms with Crippen LogP contribution in [0.4, 0.5) is 10.8 Å². The Hall–Kier alpha value is -2.46. The van der Waals surface area contributed by atoms with Crippen molar-refractivity contribution in [2.24, 2.45) is 0 Å². The number of rotatable bonds is 2. The van der Waals surface area contributed by atoms with Crippen molar-refractivity contribution in [2.75, 3.05) is 5.32 Å². The molecule has 0 aliphatic heterocycles. The number of aryl methyl sites for hydroxylation is 1. The molecule has 0 saturated heterocycles. The van der Waals surface area contributed by atoms with Gasteiger partial charge < -0.3 is 5.32 Å². The molecule has 0 fully saturated rings. The zero-order chi connectivity index (χ0) is 14.2. The molecule has 0 atom stereocenters. The molecule has 0 bridgehead atoms. The van der Waals surface area contributed by atoms with Crippen molar-refractivity contribution in [1.29, 1.82) is 0 Å². The topological polar surface area (TPSA) is 37.8 Å². The van der Waals surface area contributed by atoms with E-state index in [9.17, 15) is 0 Å². The monoisotopic (exact) mass is 291 g/mol. The van der Waals surface area contributed by atoms with Gasteiger partial charge in [0.2, 0.25) is 0 Å². The van der Waals surface area contributed by atoms with Gasteiger partial charge in [0.1, 0.15) is 0 Å². The Morgan fingerprint density at radius 1 is 0.952 bits per heavy atom. The number of benzene rings is 2. The number of thiazole rings is 1. The molecule has 102 valence electrons. The van der Waals surface area contributed by atoms with Crippen molar-refractivity contribution in [2.45, 2.75) is 6.92 Å². The van der Waals surface area contributed by atoms with E-state index < -0.39 is 0 Å². The van der Waals surface area contributed by atoms with Gasteiger partial charge in [-0.05, 0) is 30.7 Å². The van der Waals surface area contributed by atoms with Gasteiger partial charge in [0, 0.05) is 11.6 Å². The average Bonchev–Trinajstić information content (AvgIpc) is 2.92. The summed E-state index contributed by atoms with van der Waals surface area (Å²) < 4.78 is 1.20. The molecule has 0 unspecified atom stereocenters. The van der Waals surface area contributed by atoms with E-state index in [2.05, 4.69) is 47.6 Å². The minimum atomic E-state index is 0.900. The summed E-state index contributed by atoms with van der Waals surface area (Å²) in [6, 6.07) is 16.4. The predicted molar refractivity (Wildman–Crippen MR) is 89.4 cm³/mol. The van der Waals surface area contributed by atoms with Gasteiger partial charge in [-0.1, -0.05) is 41.7 Å². The fourth-order valence-corrected chi connectivity index (χ4v) is 3.42. The van der Waals surface area contributed by atoms with E-state index in [4.69, 9.17) is 4.98 Å². The van der Waals surface area contributed by atoms with Crippen LogP contribution < -0.4 is 5.32 Å². The normalized spacial score (nSPS) is 11.1. The third-order valence-corrected chi connectivity index (χ3v) is 4.43. The van der Waals surface area contributed by atoms with Gasteiger partial charge in [0.25, 0.3) is 0 Å². The first kappa shape index (κ1) is 12.3. The Morgan fingerprint density at radius 2 is 1.81 bits per heavy atom. The molecule has 0 radical (unpaired) electrons. The van der Waals surface area contributed by atoms with Crippen LogP contribution in [-0.4, -0.2) is 9.97 Å². The highest BCUT2D eigenvalue weighted by Crippen LogP contribution is 2.31. The third-order valence-electron chi connectivity index (χ3n) is 3.50. The SMILES string of the molecule is Cc1cccc2sc(Nc3cccc4cccnc34)nc12. The van der Waals surface area contributed by atoms with Gasteiger partial charge in [-0.2, -0.15) is 0 Å². The van der Waals surface area contributed by atoms with E-state index in [0.29, 0.717) is 0 Å². The lowest BCUT2D eigenvalue weighted by Gasteiger charge is -2.05. The van der Waals surface area contributed by atoms with E-state index in [1.165, 1.54) is 10.3 Å². The molecule has 2 aromatic heterocycles. The Bertz CT molecular complexity index is 938. The zero-order valence-electron chi connectivity index (χ0n) is 11.5. The molecule has 3 nitrogen and oxygen atoms in total. The van der Waals surface area contributed by atoms with Crippen LogP contribution >= 0.6 is 11.3 Å². The number of fused-ring (bicyclic) bond motifs is 2. The summed E-state index contributed by atoms with van der Waals surface area (Å²) in [5.74, 6) is 0. The van der Waals surface area contributed by atoms with Gasteiger partial charge in [0.05, 0.1) is 21.4 Å². The summed E-state index contributed by atoms with van der Waals surface area (Å²) in [7, 11) is 0. The Kier molecular flexibility index (Phi) is 2.82. The Balaban J connectivity index is 1.81. The van der Waals surface area contributed by atoms with Gasteiger partial charge >= 0.3 is 0 Å². The fraction of sp³-hybridized carbons (Fsp3) is 0.0588. The second-order valence-electron chi connectivity index (χ2n) is 4.95. The average molecular weight is 291 g/mol. The summed E-state index contributed by atoms with van der Waals surface area (Å²) in [5, 5.41) is 5.43. The van der Waals surface area contributed by atoms with E-state index in [-0.39, 0.29) is 0 Å². The number of nitrogens with one attached hydrogen (secondary N) is 1. The molecule has 0 saturated carbocycles. The molecule has 21 heavy (non-hydrogen) atoms. The largest absolute Gasteiger partial charge is 0.330 e. The minimum absolute atomic E-state index is 0.900. The van der Waals surface area contributed by atoms with Gasteiger partial charge in [0.15, 0.2) is 5.13 Å². The summed E-state index contributed by atoms with van der Waals surface area (Å²) in [4.78, 5) is 9.16. The molecule has 0 amide bonds. The number of aromatic nitrogens is 2. The summed E-state index contributed by atoms with van der Waals surface area (Å²) in [5.41, 5.74) is 4.23. The van der Waals surface area contributed by atoms with Gasteiger partial charge in [-0.15, -0.1) is 0 Å². The van der Waals surface area contributed by atoms with Crippen LogP contribution in [0.1, 0.15) is 5.56 Å². The molecule has 0 aliphatic carbocycles. The molecular formula is C17H13N3S. The maximum absolute atomic E-state index is 4.69. The summed E-state index contributed by atoms with van der Waals surface area (Å²) >= 11 is 1.66. The Labute approximate surface area is 126 Å². The molecule has 4 heteroatoms. The van der Waals surface area contributed by atoms with Crippen molar-refractivity contribution in [1.82, 2.24) is 9.97 Å². The minimum Gasteiger partial charge on any atom is -0.330 e. The predicted octanol–water partition coefficient (Wildman–Crippen LogP) is 4.90. The molecule has 2 heterocycles. The number of hydrogen-bond acceptors (Lipinski definition) is 4. The summed E-state index contributed by atoms with van der Waals surface area (Å²) in [6.07, 6.45) is 1.82. The first-order valence-corrected chi connectivity index (χ1v) is 7.60.